The smallest absolute Gasteiger partial charge is 0.318 e. The van der Waals surface area contributed by atoms with E-state index >= 15 is 0 Å². The highest BCUT2D eigenvalue weighted by Crippen LogP contribution is 2.31. The summed E-state index contributed by atoms with van der Waals surface area (Å²) in [6.45, 7) is 1.82. The maximum absolute atomic E-state index is 12.6. The zero-order valence-electron chi connectivity index (χ0n) is 14.6. The largest absolute Gasteiger partial charge is 0.495 e. The second-order valence-electron chi connectivity index (χ2n) is 6.57. The van der Waals surface area contributed by atoms with Crippen LogP contribution in [0, 0.1) is 0 Å². The summed E-state index contributed by atoms with van der Waals surface area (Å²) in [5.74, 6) is 0.660. The third kappa shape index (κ3) is 3.14. The summed E-state index contributed by atoms with van der Waals surface area (Å²) < 4.78 is 5.35. The zero-order chi connectivity index (χ0) is 18.1. The predicted molar refractivity (Wildman–Crippen MR) is 101 cm³/mol. The molecule has 0 aliphatic carbocycles. The van der Waals surface area contributed by atoms with Crippen LogP contribution in [0.15, 0.2) is 35.7 Å². The number of rotatable bonds is 3. The first-order valence-corrected chi connectivity index (χ1v) is 9.57. The van der Waals surface area contributed by atoms with Gasteiger partial charge >= 0.3 is 6.03 Å². The molecule has 1 aromatic heterocycles. The molecule has 0 spiro atoms. The molecule has 1 saturated heterocycles. The normalized spacial score (nSPS) is 19.4. The number of nitrogens with one attached hydrogen (secondary N) is 1. The topological polar surface area (TPSA) is 61.9 Å². The molecule has 1 atom stereocenters. The van der Waals surface area contributed by atoms with Crippen LogP contribution < -0.4 is 15.0 Å². The lowest BCUT2D eigenvalue weighted by atomic mass is 10.1. The summed E-state index contributed by atoms with van der Waals surface area (Å²) in [5.41, 5.74) is 1.98. The Morgan fingerprint density at radius 3 is 3.00 bits per heavy atom. The highest BCUT2D eigenvalue weighted by Gasteiger charge is 2.34. The van der Waals surface area contributed by atoms with Gasteiger partial charge in [-0.25, -0.2) is 4.79 Å². The maximum Gasteiger partial charge on any atom is 0.318 e. The number of fused-ring (bicyclic) bond motifs is 1. The van der Waals surface area contributed by atoms with Gasteiger partial charge in [-0.15, -0.1) is 11.3 Å². The van der Waals surface area contributed by atoms with Crippen molar-refractivity contribution in [1.29, 1.82) is 0 Å². The SMILES string of the molecule is COc1ccccc1N1CC(NC(=O)N2CCc3sccc3C2)CC1=O. The number of carbonyl (C=O) groups excluding carboxylic acids is 2. The number of hydrogen-bond donors (Lipinski definition) is 1. The average molecular weight is 371 g/mol. The lowest BCUT2D eigenvalue weighted by Crippen LogP contribution is -2.47. The number of hydrogen-bond acceptors (Lipinski definition) is 4. The van der Waals surface area contributed by atoms with Gasteiger partial charge in [-0.1, -0.05) is 12.1 Å². The van der Waals surface area contributed by atoms with E-state index in [1.54, 1.807) is 23.3 Å². The van der Waals surface area contributed by atoms with Crippen molar-refractivity contribution < 1.29 is 14.3 Å². The molecule has 1 aromatic carbocycles. The fourth-order valence-corrected chi connectivity index (χ4v) is 4.47. The molecule has 0 radical (unpaired) electrons. The van der Waals surface area contributed by atoms with E-state index in [9.17, 15) is 9.59 Å². The Morgan fingerprint density at radius 1 is 1.31 bits per heavy atom. The number of carbonyl (C=O) groups is 2. The number of ether oxygens (including phenoxy) is 1. The Hall–Kier alpha value is -2.54. The van der Waals surface area contributed by atoms with E-state index in [2.05, 4.69) is 16.8 Å². The number of urea groups is 1. The van der Waals surface area contributed by atoms with Gasteiger partial charge in [-0.2, -0.15) is 0 Å². The molecular formula is C19H21N3O3S. The summed E-state index contributed by atoms with van der Waals surface area (Å²) in [7, 11) is 1.59. The molecule has 1 N–H and O–H groups in total. The molecular weight excluding hydrogens is 350 g/mol. The molecule has 2 aliphatic heterocycles. The fraction of sp³-hybridized carbons (Fsp3) is 0.368. The van der Waals surface area contributed by atoms with Crippen LogP contribution in [-0.2, 0) is 17.8 Å². The summed E-state index contributed by atoms with van der Waals surface area (Å²) >= 11 is 1.75. The number of thiophene rings is 1. The summed E-state index contributed by atoms with van der Waals surface area (Å²) in [5, 5.41) is 5.10. The quantitative estimate of drug-likeness (QED) is 0.902. The number of para-hydroxylation sites is 2. The van der Waals surface area contributed by atoms with Crippen LogP contribution in [0.25, 0.3) is 0 Å². The molecule has 0 saturated carbocycles. The van der Waals surface area contributed by atoms with Gasteiger partial charge in [-0.05, 0) is 35.6 Å². The Kier molecular flexibility index (Phi) is 4.55. The van der Waals surface area contributed by atoms with Crippen molar-refractivity contribution in [3.05, 3.63) is 46.2 Å². The third-order valence-electron chi connectivity index (χ3n) is 4.92. The first-order chi connectivity index (χ1) is 12.7. The van der Waals surface area contributed by atoms with Gasteiger partial charge in [0, 0.05) is 30.9 Å². The molecule has 2 aliphatic rings. The van der Waals surface area contributed by atoms with Crippen LogP contribution in [0.5, 0.6) is 5.75 Å². The maximum atomic E-state index is 12.6. The summed E-state index contributed by atoms with van der Waals surface area (Å²) in [4.78, 5) is 30.0. The first-order valence-electron chi connectivity index (χ1n) is 8.70. The average Bonchev–Trinajstić information content (AvgIpc) is 3.27. The van der Waals surface area contributed by atoms with Gasteiger partial charge < -0.3 is 19.9 Å². The van der Waals surface area contributed by atoms with Crippen LogP contribution in [0.3, 0.4) is 0 Å². The van der Waals surface area contributed by atoms with E-state index in [1.807, 2.05) is 29.2 Å². The van der Waals surface area contributed by atoms with E-state index in [0.29, 0.717) is 25.3 Å². The van der Waals surface area contributed by atoms with Crippen molar-refractivity contribution in [1.82, 2.24) is 10.2 Å². The molecule has 26 heavy (non-hydrogen) atoms. The van der Waals surface area contributed by atoms with Crippen molar-refractivity contribution in [2.45, 2.75) is 25.4 Å². The molecule has 0 bridgehead atoms. The van der Waals surface area contributed by atoms with Gasteiger partial charge in [0.05, 0.1) is 18.8 Å². The van der Waals surface area contributed by atoms with Crippen LogP contribution in [-0.4, -0.2) is 43.1 Å². The van der Waals surface area contributed by atoms with E-state index in [1.165, 1.54) is 10.4 Å². The highest BCUT2D eigenvalue weighted by molar-refractivity contribution is 7.10. The minimum absolute atomic E-state index is 0.00133. The fourth-order valence-electron chi connectivity index (χ4n) is 3.58. The van der Waals surface area contributed by atoms with Crippen molar-refractivity contribution in [3.8, 4) is 5.75 Å². The molecule has 7 heteroatoms. The van der Waals surface area contributed by atoms with Gasteiger partial charge in [0.1, 0.15) is 5.75 Å². The van der Waals surface area contributed by atoms with Gasteiger partial charge in [0.15, 0.2) is 0 Å². The van der Waals surface area contributed by atoms with E-state index in [4.69, 9.17) is 4.74 Å². The second-order valence-corrected chi connectivity index (χ2v) is 7.57. The molecule has 1 fully saturated rings. The van der Waals surface area contributed by atoms with Crippen LogP contribution in [0.4, 0.5) is 10.5 Å². The van der Waals surface area contributed by atoms with E-state index < -0.39 is 0 Å². The van der Waals surface area contributed by atoms with Gasteiger partial charge in [-0.3, -0.25) is 4.79 Å². The molecule has 3 heterocycles. The Bertz CT molecular complexity index is 835. The van der Waals surface area contributed by atoms with Gasteiger partial charge in [0.2, 0.25) is 5.91 Å². The number of anilines is 1. The number of amides is 3. The van der Waals surface area contributed by atoms with Crippen molar-refractivity contribution in [2.24, 2.45) is 0 Å². The number of benzene rings is 1. The number of nitrogens with zero attached hydrogens (tertiary/aromatic N) is 2. The second kappa shape index (κ2) is 6.99. The number of methoxy groups -OCH3 is 1. The van der Waals surface area contributed by atoms with Gasteiger partial charge in [0.25, 0.3) is 0 Å². The third-order valence-corrected chi connectivity index (χ3v) is 5.95. The zero-order valence-corrected chi connectivity index (χ0v) is 15.4. The van der Waals surface area contributed by atoms with Crippen molar-refractivity contribution >= 4 is 29.0 Å². The molecule has 1 unspecified atom stereocenters. The highest BCUT2D eigenvalue weighted by atomic mass is 32.1. The Morgan fingerprint density at radius 2 is 2.15 bits per heavy atom. The predicted octanol–water partition coefficient (Wildman–Crippen LogP) is 2.63. The lowest BCUT2D eigenvalue weighted by Gasteiger charge is -2.28. The van der Waals surface area contributed by atoms with Crippen molar-refractivity contribution in [3.63, 3.8) is 0 Å². The van der Waals surface area contributed by atoms with Crippen LogP contribution in [0.2, 0.25) is 0 Å². The van der Waals surface area contributed by atoms with Crippen LogP contribution >= 0.6 is 11.3 Å². The summed E-state index contributed by atoms with van der Waals surface area (Å²) in [6.07, 6.45) is 1.21. The Labute approximate surface area is 156 Å². The van der Waals surface area contributed by atoms with E-state index in [-0.39, 0.29) is 18.0 Å². The van der Waals surface area contributed by atoms with Crippen molar-refractivity contribution in [2.75, 3.05) is 25.1 Å². The first kappa shape index (κ1) is 16.9. The van der Waals surface area contributed by atoms with Crippen LogP contribution in [0.1, 0.15) is 16.9 Å². The molecule has 2 aromatic rings. The minimum atomic E-state index is -0.191. The lowest BCUT2D eigenvalue weighted by molar-refractivity contribution is -0.117. The molecule has 6 nitrogen and oxygen atoms in total. The molecule has 136 valence electrons. The monoisotopic (exact) mass is 371 g/mol. The van der Waals surface area contributed by atoms with E-state index in [0.717, 1.165) is 18.7 Å². The molecule has 3 amide bonds. The Balaban J connectivity index is 1.41. The molecule has 4 rings (SSSR count). The summed E-state index contributed by atoms with van der Waals surface area (Å²) in [6, 6.07) is 9.25. The minimum Gasteiger partial charge on any atom is -0.495 e. The standard InChI is InChI=1S/C19H21N3O3S/c1-25-16-5-3-2-4-15(16)22-12-14(10-18(22)23)20-19(24)21-8-6-17-13(11-21)7-9-26-17/h2-5,7,9,14H,6,8,10-12H2,1H3,(H,20,24).